The summed E-state index contributed by atoms with van der Waals surface area (Å²) in [5.74, 6) is -3.88. The summed E-state index contributed by atoms with van der Waals surface area (Å²) in [6, 6.07) is 5.49. The fourth-order valence-electron chi connectivity index (χ4n) is 5.03. The Morgan fingerprint density at radius 1 is 1.08 bits per heavy atom. The van der Waals surface area contributed by atoms with Gasteiger partial charge in [0.25, 0.3) is 0 Å². The number of aromatic nitrogens is 3. The van der Waals surface area contributed by atoms with Gasteiger partial charge in [0.15, 0.2) is 10.8 Å². The maximum atomic E-state index is 15.4. The van der Waals surface area contributed by atoms with Crippen molar-refractivity contribution in [3.63, 3.8) is 0 Å². The SMILES string of the molecule is Cc1nc(N[C@H](C)c2cccc(C(F)(F)C3(O)CC3)c2F)c2cc(N3CCN(C(C)C)CC3)c(Cl)nc2n1. The molecule has 2 fully saturated rings. The number of nitrogens with one attached hydrogen (secondary N) is 1. The Hall–Kier alpha value is -2.69. The van der Waals surface area contributed by atoms with E-state index in [1.807, 2.05) is 6.07 Å². The maximum absolute atomic E-state index is 15.4. The highest BCUT2D eigenvalue weighted by Crippen LogP contribution is 2.54. The molecule has 1 saturated heterocycles. The molecule has 1 aliphatic carbocycles. The van der Waals surface area contributed by atoms with Gasteiger partial charge in [-0.05, 0) is 52.7 Å². The van der Waals surface area contributed by atoms with Crippen molar-refractivity contribution >= 4 is 34.1 Å². The molecule has 1 saturated carbocycles. The lowest BCUT2D eigenvalue weighted by atomic mass is 9.96. The number of aryl methyl sites for hydroxylation is 1. The van der Waals surface area contributed by atoms with Gasteiger partial charge in [0.2, 0.25) is 0 Å². The molecular formula is C27H32ClF3N6O. The molecule has 0 bridgehead atoms. The zero-order chi connectivity index (χ0) is 27.4. The van der Waals surface area contributed by atoms with Crippen LogP contribution in [0.5, 0.6) is 0 Å². The van der Waals surface area contributed by atoms with Gasteiger partial charge < -0.3 is 15.3 Å². The number of piperazine rings is 1. The number of hydrogen-bond acceptors (Lipinski definition) is 7. The van der Waals surface area contributed by atoms with Gasteiger partial charge in [-0.25, -0.2) is 19.3 Å². The van der Waals surface area contributed by atoms with Crippen molar-refractivity contribution in [2.45, 2.75) is 64.1 Å². The van der Waals surface area contributed by atoms with Gasteiger partial charge in [0.05, 0.1) is 22.7 Å². The standard InChI is InChI=1S/C27H32ClF3N6O/c1-15(2)36-10-12-37(13-11-36)21-14-19-24(33-17(4)34-25(19)35-23(21)28)32-16(3)18-6-5-7-20(22(18)29)27(30,31)26(38)8-9-26/h5-7,14-16,38H,8-13H2,1-4H3,(H,32,33,34,35)/t16-/m1/s1. The minimum Gasteiger partial charge on any atom is -0.383 e. The molecule has 7 nitrogen and oxygen atoms in total. The molecule has 38 heavy (non-hydrogen) atoms. The lowest BCUT2D eigenvalue weighted by Gasteiger charge is -2.38. The number of alkyl halides is 2. The van der Waals surface area contributed by atoms with Crippen molar-refractivity contribution in [2.24, 2.45) is 0 Å². The molecule has 3 heterocycles. The van der Waals surface area contributed by atoms with Crippen LogP contribution in [-0.2, 0) is 5.92 Å². The number of anilines is 2. The Morgan fingerprint density at radius 3 is 2.39 bits per heavy atom. The number of benzene rings is 1. The predicted octanol–water partition coefficient (Wildman–Crippen LogP) is 5.45. The van der Waals surface area contributed by atoms with E-state index in [9.17, 15) is 13.9 Å². The molecule has 2 aromatic heterocycles. The van der Waals surface area contributed by atoms with Crippen molar-refractivity contribution < 1.29 is 18.3 Å². The third-order valence-corrected chi connectivity index (χ3v) is 7.89. The molecule has 1 aromatic carbocycles. The van der Waals surface area contributed by atoms with E-state index in [2.05, 4.69) is 43.9 Å². The van der Waals surface area contributed by atoms with Crippen molar-refractivity contribution in [2.75, 3.05) is 36.4 Å². The van der Waals surface area contributed by atoms with Gasteiger partial charge in [0, 0.05) is 37.8 Å². The van der Waals surface area contributed by atoms with E-state index in [-0.39, 0.29) is 18.4 Å². The van der Waals surface area contributed by atoms with E-state index in [1.54, 1.807) is 13.8 Å². The summed E-state index contributed by atoms with van der Waals surface area (Å²) in [4.78, 5) is 18.0. The lowest BCUT2D eigenvalue weighted by molar-refractivity contribution is -0.134. The first kappa shape index (κ1) is 26.9. The molecule has 2 N–H and O–H groups in total. The molecular weight excluding hydrogens is 517 g/mol. The fourth-order valence-corrected chi connectivity index (χ4v) is 5.29. The first-order valence-corrected chi connectivity index (χ1v) is 13.3. The topological polar surface area (TPSA) is 77.4 Å². The smallest absolute Gasteiger partial charge is 0.304 e. The lowest BCUT2D eigenvalue weighted by Crippen LogP contribution is -2.49. The molecule has 5 rings (SSSR count). The van der Waals surface area contributed by atoms with Gasteiger partial charge in [-0.1, -0.05) is 23.7 Å². The summed E-state index contributed by atoms with van der Waals surface area (Å²) >= 11 is 6.58. The molecule has 2 aliphatic rings. The van der Waals surface area contributed by atoms with Gasteiger partial charge in [-0.15, -0.1) is 0 Å². The molecule has 1 atom stereocenters. The fraction of sp³-hybridized carbons (Fsp3) is 0.519. The van der Waals surface area contributed by atoms with E-state index < -0.39 is 28.9 Å². The minimum absolute atomic E-state index is 0.0443. The summed E-state index contributed by atoms with van der Waals surface area (Å²) in [6.07, 6.45) is -0.123. The van der Waals surface area contributed by atoms with Crippen LogP contribution in [0.15, 0.2) is 24.3 Å². The zero-order valence-electron chi connectivity index (χ0n) is 21.9. The van der Waals surface area contributed by atoms with Gasteiger partial charge in [-0.3, -0.25) is 4.90 Å². The third-order valence-electron chi connectivity index (χ3n) is 7.61. The molecule has 0 spiro atoms. The summed E-state index contributed by atoms with van der Waals surface area (Å²) < 4.78 is 45.2. The number of halogens is 4. The van der Waals surface area contributed by atoms with Gasteiger partial charge >= 0.3 is 5.92 Å². The molecule has 0 amide bonds. The number of hydrogen-bond donors (Lipinski definition) is 2. The molecule has 11 heteroatoms. The third kappa shape index (κ3) is 4.78. The monoisotopic (exact) mass is 548 g/mol. The Bertz CT molecular complexity index is 1360. The zero-order valence-corrected chi connectivity index (χ0v) is 22.7. The van der Waals surface area contributed by atoms with Crippen LogP contribution < -0.4 is 10.2 Å². The maximum Gasteiger partial charge on any atom is 0.304 e. The second-order valence-electron chi connectivity index (χ2n) is 10.6. The normalized spacial score (nSPS) is 18.7. The van der Waals surface area contributed by atoms with Crippen LogP contribution in [0.25, 0.3) is 11.0 Å². The molecule has 0 radical (unpaired) electrons. The highest BCUT2D eigenvalue weighted by molar-refractivity contribution is 6.32. The van der Waals surface area contributed by atoms with E-state index >= 15 is 4.39 Å². The summed E-state index contributed by atoms with van der Waals surface area (Å²) in [5.41, 5.74) is -1.80. The van der Waals surface area contributed by atoms with Crippen molar-refractivity contribution in [3.05, 3.63) is 52.2 Å². The Morgan fingerprint density at radius 2 is 1.76 bits per heavy atom. The number of rotatable bonds is 7. The van der Waals surface area contributed by atoms with Crippen LogP contribution >= 0.6 is 11.6 Å². The van der Waals surface area contributed by atoms with Crippen LogP contribution in [0.3, 0.4) is 0 Å². The van der Waals surface area contributed by atoms with E-state index in [0.29, 0.717) is 33.9 Å². The number of nitrogens with zero attached hydrogens (tertiary/aromatic N) is 5. The van der Waals surface area contributed by atoms with Crippen LogP contribution in [0, 0.1) is 12.7 Å². The average Bonchev–Trinajstić information content (AvgIpc) is 3.62. The molecule has 0 unspecified atom stereocenters. The first-order valence-electron chi connectivity index (χ1n) is 12.9. The minimum atomic E-state index is -3.68. The van der Waals surface area contributed by atoms with Gasteiger partial charge in [-0.2, -0.15) is 8.78 Å². The quantitative estimate of drug-likeness (QED) is 0.380. The highest BCUT2D eigenvalue weighted by atomic mass is 35.5. The van der Waals surface area contributed by atoms with E-state index in [4.69, 9.17) is 11.6 Å². The van der Waals surface area contributed by atoms with E-state index in [1.165, 1.54) is 12.1 Å². The first-order chi connectivity index (χ1) is 17.9. The predicted molar refractivity (Wildman–Crippen MR) is 143 cm³/mol. The number of pyridine rings is 1. The second-order valence-corrected chi connectivity index (χ2v) is 10.9. The number of fused-ring (bicyclic) bond motifs is 1. The largest absolute Gasteiger partial charge is 0.383 e. The molecule has 204 valence electrons. The Labute approximate surface area is 225 Å². The number of aliphatic hydroxyl groups is 1. The van der Waals surface area contributed by atoms with Gasteiger partial charge in [0.1, 0.15) is 23.1 Å². The van der Waals surface area contributed by atoms with Crippen LogP contribution in [0.1, 0.15) is 56.6 Å². The second kappa shape index (κ2) is 9.81. The van der Waals surface area contributed by atoms with Crippen LogP contribution in [0.4, 0.5) is 24.7 Å². The molecule has 3 aromatic rings. The molecule has 1 aliphatic heterocycles. The van der Waals surface area contributed by atoms with Crippen molar-refractivity contribution in [1.82, 2.24) is 19.9 Å². The van der Waals surface area contributed by atoms with Crippen molar-refractivity contribution in [1.29, 1.82) is 0 Å². The summed E-state index contributed by atoms with van der Waals surface area (Å²) in [5, 5.41) is 14.2. The average molecular weight is 549 g/mol. The highest BCUT2D eigenvalue weighted by Gasteiger charge is 2.63. The van der Waals surface area contributed by atoms with Crippen LogP contribution in [-0.4, -0.2) is 62.8 Å². The van der Waals surface area contributed by atoms with E-state index in [0.717, 1.165) is 37.9 Å². The Kier molecular flexibility index (Phi) is 6.94. The summed E-state index contributed by atoms with van der Waals surface area (Å²) in [6.45, 7) is 11.1. The Balaban J connectivity index is 1.47. The summed E-state index contributed by atoms with van der Waals surface area (Å²) in [7, 11) is 0. The van der Waals surface area contributed by atoms with Crippen LogP contribution in [0.2, 0.25) is 5.15 Å². The van der Waals surface area contributed by atoms with Crippen molar-refractivity contribution in [3.8, 4) is 0 Å².